The van der Waals surface area contributed by atoms with Crippen molar-refractivity contribution >= 4 is 39.5 Å². The Morgan fingerprint density at radius 1 is 0.355 bits per heavy atom. The molecule has 12 rings (SSSR count). The van der Waals surface area contributed by atoms with E-state index in [1.807, 2.05) is 0 Å². The molecule has 9 aromatic rings. The van der Waals surface area contributed by atoms with E-state index in [4.69, 9.17) is 28.4 Å². The number of hydrogen-bond acceptors (Lipinski definition) is 28. The molecule has 0 bridgehead atoms. The Bertz CT molecular complexity index is 4840. The third-order valence-corrected chi connectivity index (χ3v) is 16.1. The number of aryl methyl sites for hydroxylation is 1. The number of ether oxygens (including phenoxy) is 6. The number of aromatic hydroxyl groups is 17. The van der Waals surface area contributed by atoms with Crippen molar-refractivity contribution in [3.05, 3.63) is 173 Å². The molecule has 0 saturated heterocycles. The smallest absolute Gasteiger partial charge is 0.338 e. The van der Waals surface area contributed by atoms with Crippen LogP contribution in [-0.4, -0.2) is 123 Å². The standard InChI is InChI=1S/C65H48O28/c1-21-2-23(6-39(72)54(21)79)63(85)92-50-19-34-37(70)11-28(68)15-48(34)90-62(50)32-17-45(78)59(84)53-30(32)4-24(7-43(76)57(53)82)64(86)93-51-20-35-38(71)12-27(67)14-47(35)89-61(51)31-16-44(77)58(83)52-29(31)3-22(5-42(75)56(52)81)60-49(18-33-36(69)10-26(66)13-46(33)88-60)91-65(87)25-8-40(73)55(80)41(74)9-25/h2-17,49-51,60-62,66-74,77-80,83-84H,18-20H2,1H3,(H,75,81)(H,76,82)/t49-,50+,51+,60+,61+,62+/m0/s1. The van der Waals surface area contributed by atoms with Crippen LogP contribution in [0.4, 0.5) is 0 Å². The molecule has 0 radical (unpaired) electrons. The molecule has 3 aliphatic heterocycles. The summed E-state index contributed by atoms with van der Waals surface area (Å²) in [5.41, 5.74) is -5.74. The average Bonchev–Trinajstić information content (AvgIpc) is 1.77. The number of fused-ring (bicyclic) bond motifs is 5. The van der Waals surface area contributed by atoms with Gasteiger partial charge in [-0.2, -0.15) is 0 Å². The summed E-state index contributed by atoms with van der Waals surface area (Å²) in [5.74, 6) is -19.1. The number of phenolic OH excluding ortho intramolecular Hbond substituents is 15. The molecule has 0 fully saturated rings. The van der Waals surface area contributed by atoms with Crippen molar-refractivity contribution in [2.75, 3.05) is 0 Å². The molecule has 3 heterocycles. The molecular weight excluding hydrogens is 1230 g/mol. The van der Waals surface area contributed by atoms with Gasteiger partial charge in [-0.3, -0.25) is 9.59 Å². The molecule has 0 spiro atoms. The van der Waals surface area contributed by atoms with Crippen molar-refractivity contribution in [2.24, 2.45) is 0 Å². The molecule has 476 valence electrons. The van der Waals surface area contributed by atoms with Gasteiger partial charge >= 0.3 is 17.9 Å². The molecular formula is C65H48O28. The molecule has 3 aliphatic rings. The van der Waals surface area contributed by atoms with E-state index in [1.54, 1.807) is 0 Å². The number of benzene rings is 7. The predicted molar refractivity (Wildman–Crippen MR) is 315 cm³/mol. The van der Waals surface area contributed by atoms with Crippen molar-refractivity contribution in [3.8, 4) is 115 Å². The molecule has 0 aliphatic carbocycles. The summed E-state index contributed by atoms with van der Waals surface area (Å²) in [5, 5.41) is 182. The Kier molecular flexibility index (Phi) is 14.6. The van der Waals surface area contributed by atoms with Crippen LogP contribution in [0.25, 0.3) is 21.5 Å². The highest BCUT2D eigenvalue weighted by Gasteiger charge is 2.43. The van der Waals surface area contributed by atoms with Crippen LogP contribution in [0.3, 0.4) is 0 Å². The van der Waals surface area contributed by atoms with Gasteiger partial charge in [-0.15, -0.1) is 0 Å². The van der Waals surface area contributed by atoms with Gasteiger partial charge in [-0.05, 0) is 83.9 Å². The normalized spacial score (nSPS) is 17.9. The largest absolute Gasteiger partial charge is 0.508 e. The number of esters is 3. The first-order valence-corrected chi connectivity index (χ1v) is 27.6. The zero-order chi connectivity index (χ0) is 66.7. The van der Waals surface area contributed by atoms with E-state index in [1.165, 1.54) is 13.0 Å². The van der Waals surface area contributed by atoms with Crippen molar-refractivity contribution in [1.29, 1.82) is 0 Å². The Labute approximate surface area is 518 Å². The van der Waals surface area contributed by atoms with E-state index < -0.39 is 221 Å². The lowest BCUT2D eigenvalue weighted by molar-refractivity contribution is -0.0194. The lowest BCUT2D eigenvalue weighted by Crippen LogP contribution is -2.35. The highest BCUT2D eigenvalue weighted by molar-refractivity contribution is 6.00. The van der Waals surface area contributed by atoms with E-state index in [0.717, 1.165) is 84.9 Å². The van der Waals surface area contributed by atoms with Crippen LogP contribution >= 0.6 is 0 Å². The van der Waals surface area contributed by atoms with E-state index in [0.29, 0.717) is 6.07 Å². The minimum atomic E-state index is -1.90. The first-order chi connectivity index (χ1) is 44.0. The van der Waals surface area contributed by atoms with Gasteiger partial charge in [0.2, 0.25) is 10.9 Å². The topological polar surface area (TPSA) is 485 Å². The van der Waals surface area contributed by atoms with Crippen LogP contribution in [0.1, 0.15) is 88.3 Å². The number of phenols is 15. The van der Waals surface area contributed by atoms with Gasteiger partial charge in [0, 0.05) is 89.0 Å². The maximum atomic E-state index is 15.1. The Morgan fingerprint density at radius 2 is 0.688 bits per heavy atom. The van der Waals surface area contributed by atoms with Gasteiger partial charge in [0.25, 0.3) is 0 Å². The second-order valence-corrected chi connectivity index (χ2v) is 22.1. The van der Waals surface area contributed by atoms with Gasteiger partial charge in [0.1, 0.15) is 70.1 Å². The van der Waals surface area contributed by atoms with Crippen molar-refractivity contribution in [3.63, 3.8) is 0 Å². The maximum absolute atomic E-state index is 15.1. The molecule has 6 atom stereocenters. The minimum absolute atomic E-state index is 0.0388. The fraction of sp³-hybridized carbons (Fsp3) is 0.154. The lowest BCUT2D eigenvalue weighted by atomic mass is 9.89. The van der Waals surface area contributed by atoms with Crippen molar-refractivity contribution in [1.82, 2.24) is 0 Å². The van der Waals surface area contributed by atoms with E-state index in [-0.39, 0.29) is 56.2 Å². The van der Waals surface area contributed by atoms with Crippen LogP contribution in [0.15, 0.2) is 107 Å². The summed E-state index contributed by atoms with van der Waals surface area (Å²) in [6, 6.07) is 14.5. The molecule has 0 unspecified atom stereocenters. The van der Waals surface area contributed by atoms with Crippen molar-refractivity contribution < 1.29 is 130 Å². The van der Waals surface area contributed by atoms with Crippen LogP contribution in [0.2, 0.25) is 0 Å². The summed E-state index contributed by atoms with van der Waals surface area (Å²) >= 11 is 0. The average molecular weight is 1280 g/mol. The Hall–Kier alpha value is -12.8. The molecule has 0 amide bonds. The molecule has 9 aromatic carbocycles. The SMILES string of the molecule is Cc1cc(C(=O)O[C@@H]2Cc3c(O)cc(O)cc3O[C@@H]2c2cc(O)c(O)c3c(=O)c(O)cc(C(=O)O[C@@H]4Cc5c(O)cc(O)cc5O[C@@H]4c4cc(O)c(O)c5c(=O)c(O)cc([C@H]6Oc7cc(O)cc(O)c7C[C@@H]6OC(=O)c6cc(O)c(O)c(O)c6)cc45)cc23)cc(O)c1O. The number of hydrogen-bond donors (Lipinski definition) is 17. The van der Waals surface area contributed by atoms with Crippen LogP contribution in [0, 0.1) is 6.92 Å². The van der Waals surface area contributed by atoms with Crippen LogP contribution in [-0.2, 0) is 33.5 Å². The van der Waals surface area contributed by atoms with Crippen LogP contribution in [0.5, 0.6) is 115 Å². The monoisotopic (exact) mass is 1280 g/mol. The molecule has 0 saturated carbocycles. The van der Waals surface area contributed by atoms with Gasteiger partial charge in [0.05, 0.1) is 27.5 Å². The zero-order valence-electron chi connectivity index (χ0n) is 47.4. The summed E-state index contributed by atoms with van der Waals surface area (Å²) < 4.78 is 36.8. The highest BCUT2D eigenvalue weighted by atomic mass is 16.6. The number of carbonyl (C=O) groups is 3. The lowest BCUT2D eigenvalue weighted by Gasteiger charge is -2.35. The molecule has 0 aromatic heterocycles. The first kappa shape index (κ1) is 60.5. The maximum Gasteiger partial charge on any atom is 0.338 e. The molecule has 28 nitrogen and oxygen atoms in total. The Balaban J connectivity index is 1.00. The predicted octanol–water partition coefficient (Wildman–Crippen LogP) is 6.72. The van der Waals surface area contributed by atoms with E-state index >= 15 is 4.79 Å². The second kappa shape index (κ2) is 22.4. The van der Waals surface area contributed by atoms with Crippen LogP contribution < -0.4 is 25.1 Å². The fourth-order valence-corrected chi connectivity index (χ4v) is 11.7. The zero-order valence-corrected chi connectivity index (χ0v) is 47.4. The Morgan fingerprint density at radius 3 is 1.11 bits per heavy atom. The third-order valence-electron chi connectivity index (χ3n) is 16.1. The summed E-state index contributed by atoms with van der Waals surface area (Å²) in [6.45, 7) is 1.37. The van der Waals surface area contributed by atoms with E-state index in [2.05, 4.69) is 0 Å². The van der Waals surface area contributed by atoms with E-state index in [9.17, 15) is 106 Å². The van der Waals surface area contributed by atoms with Crippen molar-refractivity contribution in [2.45, 2.75) is 62.8 Å². The highest BCUT2D eigenvalue weighted by Crippen LogP contribution is 2.51. The summed E-state index contributed by atoms with van der Waals surface area (Å²) in [4.78, 5) is 71.6. The molecule has 93 heavy (non-hydrogen) atoms. The summed E-state index contributed by atoms with van der Waals surface area (Å²) in [7, 11) is 0. The minimum Gasteiger partial charge on any atom is -0.508 e. The molecule has 17 N–H and O–H groups in total. The molecule has 28 heteroatoms. The van der Waals surface area contributed by atoms with Gasteiger partial charge in [-0.25, -0.2) is 14.4 Å². The second-order valence-electron chi connectivity index (χ2n) is 22.1. The number of rotatable bonds is 9. The van der Waals surface area contributed by atoms with Gasteiger partial charge in [-0.1, -0.05) is 0 Å². The van der Waals surface area contributed by atoms with Gasteiger partial charge < -0.3 is 115 Å². The number of carbonyl (C=O) groups excluding carboxylic acids is 3. The quantitative estimate of drug-likeness (QED) is 0.0405. The van der Waals surface area contributed by atoms with Gasteiger partial charge in [0.15, 0.2) is 81.6 Å². The summed E-state index contributed by atoms with van der Waals surface area (Å²) in [6.07, 6.45) is -12.1. The third kappa shape index (κ3) is 10.6. The fourth-order valence-electron chi connectivity index (χ4n) is 11.7. The first-order valence-electron chi connectivity index (χ1n) is 27.6.